The molecule has 0 aromatic rings. The van der Waals surface area contributed by atoms with Crippen molar-refractivity contribution in [2.75, 3.05) is 6.54 Å². The van der Waals surface area contributed by atoms with Crippen LogP contribution in [0.15, 0.2) is 23.3 Å². The predicted octanol–water partition coefficient (Wildman–Crippen LogP) is 5.85. The van der Waals surface area contributed by atoms with E-state index in [1.807, 2.05) is 26.8 Å². The Bertz CT molecular complexity index is 1290. The quantitative estimate of drug-likeness (QED) is 0.460. The van der Waals surface area contributed by atoms with Crippen LogP contribution in [0.5, 0.6) is 0 Å². The van der Waals surface area contributed by atoms with Gasteiger partial charge in [-0.2, -0.15) is 5.26 Å². The number of nitriles is 1. The summed E-state index contributed by atoms with van der Waals surface area (Å²) in [6, 6.07) is 2.16. The van der Waals surface area contributed by atoms with Crippen molar-refractivity contribution < 1.29 is 19.5 Å². The largest absolute Gasteiger partial charge is 0.381 e. The van der Waals surface area contributed by atoms with Crippen LogP contribution in [0.2, 0.25) is 0 Å². The van der Waals surface area contributed by atoms with Crippen molar-refractivity contribution in [2.45, 2.75) is 112 Å². The van der Waals surface area contributed by atoms with Gasteiger partial charge in [0.1, 0.15) is 11.7 Å². The molecule has 5 rings (SSSR count). The fourth-order valence-corrected chi connectivity index (χ4v) is 10.4. The van der Waals surface area contributed by atoms with E-state index in [-0.39, 0.29) is 45.7 Å². The first-order valence-corrected chi connectivity index (χ1v) is 15.3. The van der Waals surface area contributed by atoms with Gasteiger partial charge in [-0.1, -0.05) is 61.5 Å². The smallest absolute Gasteiger partial charge is 0.219 e. The third-order valence-electron chi connectivity index (χ3n) is 13.4. The molecule has 0 spiro atoms. The summed E-state index contributed by atoms with van der Waals surface area (Å²) in [5, 5.41) is 25.9. The number of amides is 1. The van der Waals surface area contributed by atoms with Gasteiger partial charge in [-0.05, 0) is 78.8 Å². The number of nitrogens with zero attached hydrogens (tertiary/aromatic N) is 1. The Kier molecular flexibility index (Phi) is 6.31. The van der Waals surface area contributed by atoms with Crippen LogP contribution in [0.4, 0.5) is 0 Å². The molecule has 0 aromatic carbocycles. The Morgan fingerprint density at radius 1 is 1.02 bits per heavy atom. The third kappa shape index (κ3) is 3.45. The molecule has 6 nitrogen and oxygen atoms in total. The lowest BCUT2D eigenvalue weighted by Gasteiger charge is -2.71. The van der Waals surface area contributed by atoms with Crippen molar-refractivity contribution in [1.29, 1.82) is 5.26 Å². The Labute approximate surface area is 240 Å². The van der Waals surface area contributed by atoms with Crippen LogP contribution in [-0.4, -0.2) is 34.7 Å². The number of rotatable bonds is 3. The molecule has 1 amide bonds. The number of Topliss-reactive ketones (excluding diaryl/α,β-unsaturated/α-hetero) is 1. The number of fused-ring (bicyclic) bond motifs is 7. The highest BCUT2D eigenvalue weighted by molar-refractivity contribution is 6.05. The van der Waals surface area contributed by atoms with Gasteiger partial charge < -0.3 is 10.4 Å². The van der Waals surface area contributed by atoms with Gasteiger partial charge in [-0.3, -0.25) is 14.4 Å². The van der Waals surface area contributed by atoms with E-state index in [0.29, 0.717) is 19.4 Å². The van der Waals surface area contributed by atoms with Gasteiger partial charge in [0, 0.05) is 35.1 Å². The van der Waals surface area contributed by atoms with Crippen LogP contribution in [0.3, 0.4) is 0 Å². The number of ketones is 2. The second-order valence-electron chi connectivity index (χ2n) is 15.8. The third-order valence-corrected chi connectivity index (χ3v) is 13.4. The first-order valence-electron chi connectivity index (χ1n) is 15.3. The lowest BCUT2D eigenvalue weighted by Crippen LogP contribution is -2.74. The van der Waals surface area contributed by atoms with E-state index in [2.05, 4.69) is 46.0 Å². The molecule has 218 valence electrons. The highest BCUT2D eigenvalue weighted by Gasteiger charge is 2.75. The van der Waals surface area contributed by atoms with Crippen molar-refractivity contribution in [1.82, 2.24) is 5.32 Å². The molecule has 0 saturated heterocycles. The SMILES string of the molecule is CCC(=O)NC[C@@]1(C)CC[C@]2(C)CC[C@@]3(C)[C@]4(C)CC[C@H]5C(C)(C)C(=O)C(C#N)=C[C@]5(C)C4=CC(=O)[C@]3(O)[C@@H]2C1. The molecular weight excluding hydrogens is 500 g/mol. The fraction of sp³-hybridized carbons (Fsp3) is 0.765. The van der Waals surface area contributed by atoms with E-state index >= 15 is 0 Å². The fourth-order valence-electron chi connectivity index (χ4n) is 10.4. The Hall–Kier alpha value is -2.26. The molecular formula is C34H48N2O4. The van der Waals surface area contributed by atoms with Gasteiger partial charge in [-0.15, -0.1) is 0 Å². The molecule has 0 aliphatic heterocycles. The highest BCUT2D eigenvalue weighted by atomic mass is 16.3. The molecule has 6 heteroatoms. The van der Waals surface area contributed by atoms with Crippen LogP contribution in [-0.2, 0) is 14.4 Å². The van der Waals surface area contributed by atoms with Crippen LogP contribution in [0.25, 0.3) is 0 Å². The molecule has 5 aliphatic rings. The van der Waals surface area contributed by atoms with E-state index in [4.69, 9.17) is 0 Å². The summed E-state index contributed by atoms with van der Waals surface area (Å²) >= 11 is 0. The molecule has 2 N–H and O–H groups in total. The number of hydrogen-bond acceptors (Lipinski definition) is 5. The number of allylic oxidation sites excluding steroid dienone is 3. The van der Waals surface area contributed by atoms with Gasteiger partial charge in [0.2, 0.25) is 5.91 Å². The van der Waals surface area contributed by atoms with E-state index in [1.54, 1.807) is 6.08 Å². The zero-order chi connectivity index (χ0) is 29.7. The minimum absolute atomic E-state index is 0.0271. The van der Waals surface area contributed by atoms with Gasteiger partial charge >= 0.3 is 0 Å². The average molecular weight is 549 g/mol. The lowest BCUT2D eigenvalue weighted by molar-refractivity contribution is -0.243. The lowest BCUT2D eigenvalue weighted by atomic mass is 9.33. The van der Waals surface area contributed by atoms with Crippen molar-refractivity contribution in [3.63, 3.8) is 0 Å². The van der Waals surface area contributed by atoms with Crippen molar-refractivity contribution in [2.24, 2.45) is 44.3 Å². The molecule has 0 heterocycles. The second-order valence-corrected chi connectivity index (χ2v) is 15.8. The van der Waals surface area contributed by atoms with E-state index in [0.717, 1.165) is 44.1 Å². The number of carbonyl (C=O) groups excluding carboxylic acids is 3. The first-order chi connectivity index (χ1) is 18.4. The van der Waals surface area contributed by atoms with Gasteiger partial charge in [-0.25, -0.2) is 0 Å². The average Bonchev–Trinajstić information content (AvgIpc) is 2.90. The van der Waals surface area contributed by atoms with Crippen LogP contribution in [0, 0.1) is 55.7 Å². The Morgan fingerprint density at radius 3 is 2.30 bits per heavy atom. The number of aliphatic hydroxyl groups is 1. The molecule has 0 aromatic heterocycles. The normalized spacial score (nSPS) is 47.4. The van der Waals surface area contributed by atoms with Gasteiger partial charge in [0.05, 0.1) is 5.57 Å². The van der Waals surface area contributed by atoms with E-state index in [9.17, 15) is 24.8 Å². The van der Waals surface area contributed by atoms with Crippen molar-refractivity contribution in [3.8, 4) is 6.07 Å². The molecule has 3 saturated carbocycles. The molecule has 5 aliphatic carbocycles. The molecule has 0 unspecified atom stereocenters. The predicted molar refractivity (Wildman–Crippen MR) is 154 cm³/mol. The summed E-state index contributed by atoms with van der Waals surface area (Å²) in [5.41, 5.74) is -3.23. The molecule has 40 heavy (non-hydrogen) atoms. The maximum Gasteiger partial charge on any atom is 0.219 e. The monoisotopic (exact) mass is 548 g/mol. The molecule has 8 atom stereocenters. The van der Waals surface area contributed by atoms with Crippen LogP contribution < -0.4 is 5.32 Å². The maximum atomic E-state index is 14.5. The van der Waals surface area contributed by atoms with Gasteiger partial charge in [0.25, 0.3) is 0 Å². The van der Waals surface area contributed by atoms with E-state index < -0.39 is 27.3 Å². The summed E-state index contributed by atoms with van der Waals surface area (Å²) < 4.78 is 0. The topological polar surface area (TPSA) is 107 Å². The summed E-state index contributed by atoms with van der Waals surface area (Å²) in [5.74, 6) is -0.557. The Morgan fingerprint density at radius 2 is 1.68 bits per heavy atom. The molecule has 0 radical (unpaired) electrons. The van der Waals surface area contributed by atoms with E-state index in [1.165, 1.54) is 0 Å². The Balaban J connectivity index is 1.64. The highest BCUT2D eigenvalue weighted by Crippen LogP contribution is 2.75. The standard InChI is InChI=1S/C34H48N2O4/c1-9-26(38)36-20-29(4)12-13-30(5)14-15-33(8)32(7)11-10-22-28(2,3)27(39)21(19-35)17-31(22,6)23(32)16-25(37)34(33,40)24(30)18-29/h16-17,22,24,40H,9-15,18,20H2,1-8H3,(H,36,38)/t22-,24+,29-,30+,31-,32+,33-,34+/m0/s1. The first kappa shape index (κ1) is 29.2. The minimum Gasteiger partial charge on any atom is -0.381 e. The van der Waals surface area contributed by atoms with Gasteiger partial charge in [0.15, 0.2) is 11.6 Å². The van der Waals surface area contributed by atoms with Crippen LogP contribution in [0.1, 0.15) is 107 Å². The number of hydrogen-bond donors (Lipinski definition) is 2. The summed E-state index contributed by atoms with van der Waals surface area (Å²) in [4.78, 5) is 39.9. The second kappa shape index (κ2) is 8.63. The molecule has 0 bridgehead atoms. The number of carbonyl (C=O) groups is 3. The van der Waals surface area contributed by atoms with Crippen molar-refractivity contribution >= 4 is 17.5 Å². The molecule has 3 fully saturated rings. The minimum atomic E-state index is -1.53. The van der Waals surface area contributed by atoms with Crippen LogP contribution >= 0.6 is 0 Å². The zero-order valence-electron chi connectivity index (χ0n) is 25.8. The zero-order valence-corrected chi connectivity index (χ0v) is 25.8. The summed E-state index contributed by atoms with van der Waals surface area (Å²) in [6.45, 7) is 17.2. The summed E-state index contributed by atoms with van der Waals surface area (Å²) in [7, 11) is 0. The summed E-state index contributed by atoms with van der Waals surface area (Å²) in [6.07, 6.45) is 9.83. The maximum absolute atomic E-state index is 14.5. The number of nitrogens with one attached hydrogen (secondary N) is 1. The van der Waals surface area contributed by atoms with Crippen molar-refractivity contribution in [3.05, 3.63) is 23.3 Å².